The molecule has 4 rings (SSSR count). The molecule has 0 atom stereocenters. The van der Waals surface area contributed by atoms with E-state index in [1.807, 2.05) is 37.3 Å². The lowest BCUT2D eigenvalue weighted by Gasteiger charge is -2.19. The van der Waals surface area contributed by atoms with Crippen molar-refractivity contribution < 1.29 is 13.2 Å². The number of carbonyl (C=O) groups is 1. The van der Waals surface area contributed by atoms with Crippen LogP contribution < -0.4 is 4.90 Å². The molecule has 0 unspecified atom stereocenters. The fourth-order valence-electron chi connectivity index (χ4n) is 3.25. The summed E-state index contributed by atoms with van der Waals surface area (Å²) in [6.45, 7) is 2.22. The molecule has 0 aliphatic heterocycles. The van der Waals surface area contributed by atoms with Crippen molar-refractivity contribution in [1.82, 2.24) is 9.97 Å². The van der Waals surface area contributed by atoms with Gasteiger partial charge in [-0.1, -0.05) is 47.2 Å². The zero-order valence-electron chi connectivity index (χ0n) is 17.4. The monoisotopic (exact) mass is 485 g/mol. The lowest BCUT2D eigenvalue weighted by molar-refractivity contribution is -0.118. The molecule has 2 aromatic carbocycles. The molecule has 2 heterocycles. The normalized spacial score (nSPS) is 11.6. The van der Waals surface area contributed by atoms with E-state index in [1.165, 1.54) is 23.5 Å². The first kappa shape index (κ1) is 22.4. The number of thiazole rings is 1. The number of rotatable bonds is 6. The smallest absolute Gasteiger partial charge is 0.233 e. The minimum absolute atomic E-state index is 0.0967. The number of aryl methyl sites for hydroxylation is 1. The second-order valence-electron chi connectivity index (χ2n) is 7.43. The molecule has 9 heteroatoms. The van der Waals surface area contributed by atoms with Gasteiger partial charge in [-0.2, -0.15) is 0 Å². The third-order valence-electron chi connectivity index (χ3n) is 4.97. The van der Waals surface area contributed by atoms with Crippen LogP contribution >= 0.6 is 22.9 Å². The van der Waals surface area contributed by atoms with E-state index >= 15 is 0 Å². The molecule has 0 fully saturated rings. The molecule has 164 valence electrons. The van der Waals surface area contributed by atoms with Gasteiger partial charge in [0.2, 0.25) is 5.91 Å². The molecule has 0 aliphatic carbocycles. The Morgan fingerprint density at radius 3 is 2.47 bits per heavy atom. The zero-order chi connectivity index (χ0) is 22.9. The van der Waals surface area contributed by atoms with E-state index in [0.717, 1.165) is 27.7 Å². The highest BCUT2D eigenvalue weighted by molar-refractivity contribution is 7.90. The number of amides is 1. The van der Waals surface area contributed by atoms with Crippen LogP contribution in [0.25, 0.3) is 10.2 Å². The van der Waals surface area contributed by atoms with Crippen molar-refractivity contribution in [3.8, 4) is 0 Å². The lowest BCUT2D eigenvalue weighted by Crippen LogP contribution is -2.32. The summed E-state index contributed by atoms with van der Waals surface area (Å²) in [6.07, 6.45) is 2.93. The minimum atomic E-state index is -3.30. The molecule has 0 N–H and O–H groups in total. The Morgan fingerprint density at radius 1 is 1.09 bits per heavy atom. The average molecular weight is 486 g/mol. The van der Waals surface area contributed by atoms with E-state index in [9.17, 15) is 13.2 Å². The highest BCUT2D eigenvalue weighted by atomic mass is 35.5. The van der Waals surface area contributed by atoms with Gasteiger partial charge in [-0.25, -0.2) is 13.4 Å². The lowest BCUT2D eigenvalue weighted by atomic mass is 10.1. The van der Waals surface area contributed by atoms with Crippen molar-refractivity contribution in [3.63, 3.8) is 0 Å². The van der Waals surface area contributed by atoms with E-state index in [0.29, 0.717) is 15.7 Å². The van der Waals surface area contributed by atoms with Crippen LogP contribution in [-0.4, -0.2) is 30.5 Å². The molecule has 4 aromatic rings. The number of pyridine rings is 1. The number of aromatic nitrogens is 2. The van der Waals surface area contributed by atoms with E-state index in [1.54, 1.807) is 23.2 Å². The second-order valence-corrected chi connectivity index (χ2v) is 10.8. The fourth-order valence-corrected chi connectivity index (χ4v) is 5.21. The number of hydrogen-bond donors (Lipinski definition) is 0. The number of fused-ring (bicyclic) bond motifs is 1. The molecule has 0 saturated carbocycles. The Kier molecular flexibility index (Phi) is 6.28. The SMILES string of the molecule is Cc1ccc(Cl)c2sc(N(Cc3ccccn3)C(=O)Cc3ccc(S(C)(=O)=O)cc3)nc12. The molecule has 1 amide bonds. The zero-order valence-corrected chi connectivity index (χ0v) is 19.8. The van der Waals surface area contributed by atoms with E-state index in [2.05, 4.69) is 4.98 Å². The van der Waals surface area contributed by atoms with E-state index in [4.69, 9.17) is 16.6 Å². The Bertz CT molecular complexity index is 1350. The van der Waals surface area contributed by atoms with Gasteiger partial charge in [0.15, 0.2) is 15.0 Å². The van der Waals surface area contributed by atoms with Crippen LogP contribution in [0.5, 0.6) is 0 Å². The first-order chi connectivity index (χ1) is 15.2. The summed E-state index contributed by atoms with van der Waals surface area (Å²) in [5.41, 5.74) is 3.20. The molecule has 0 radical (unpaired) electrons. The Balaban J connectivity index is 1.69. The van der Waals surface area contributed by atoms with Crippen molar-refractivity contribution in [3.05, 3.63) is 82.6 Å². The third-order valence-corrected chi connectivity index (χ3v) is 7.64. The van der Waals surface area contributed by atoms with Crippen molar-refractivity contribution in [1.29, 1.82) is 0 Å². The molecule has 0 saturated heterocycles. The van der Waals surface area contributed by atoms with Crippen LogP contribution in [0.4, 0.5) is 5.13 Å². The Labute approximate surface area is 195 Å². The molecule has 2 aromatic heterocycles. The standard InChI is InChI=1S/C23H20ClN3O3S2/c1-15-6-11-19(24)22-21(15)26-23(31-22)27(14-17-5-3-4-12-25-17)20(28)13-16-7-9-18(10-8-16)32(2,29)30/h3-12H,13-14H2,1-2H3. The second kappa shape index (κ2) is 8.97. The maximum absolute atomic E-state index is 13.4. The Morgan fingerprint density at radius 2 is 1.84 bits per heavy atom. The maximum atomic E-state index is 13.4. The van der Waals surface area contributed by atoms with Crippen molar-refractivity contribution in [2.45, 2.75) is 24.8 Å². The molecule has 32 heavy (non-hydrogen) atoms. The van der Waals surface area contributed by atoms with Crippen LogP contribution in [0.3, 0.4) is 0 Å². The van der Waals surface area contributed by atoms with Crippen LogP contribution in [0.1, 0.15) is 16.8 Å². The number of nitrogens with zero attached hydrogens (tertiary/aromatic N) is 3. The van der Waals surface area contributed by atoms with Gasteiger partial charge in [-0.3, -0.25) is 14.7 Å². The first-order valence-corrected chi connectivity index (χ1v) is 12.9. The topological polar surface area (TPSA) is 80.2 Å². The number of sulfone groups is 1. The highest BCUT2D eigenvalue weighted by Crippen LogP contribution is 2.36. The largest absolute Gasteiger partial charge is 0.282 e. The number of benzene rings is 2. The van der Waals surface area contributed by atoms with Crippen molar-refractivity contribution in [2.24, 2.45) is 0 Å². The molecular weight excluding hydrogens is 466 g/mol. The van der Waals surface area contributed by atoms with Gasteiger partial charge in [-0.05, 0) is 48.4 Å². The Hall–Kier alpha value is -2.81. The summed E-state index contributed by atoms with van der Waals surface area (Å²) in [7, 11) is -3.30. The maximum Gasteiger partial charge on any atom is 0.233 e. The summed E-state index contributed by atoms with van der Waals surface area (Å²) in [5.74, 6) is -0.171. The summed E-state index contributed by atoms with van der Waals surface area (Å²) in [6, 6.07) is 15.6. The van der Waals surface area contributed by atoms with Crippen LogP contribution in [-0.2, 0) is 27.6 Å². The molecular formula is C23H20ClN3O3S2. The third kappa shape index (κ3) is 4.82. The van der Waals surface area contributed by atoms with Gasteiger partial charge in [-0.15, -0.1) is 0 Å². The van der Waals surface area contributed by atoms with Crippen LogP contribution in [0.2, 0.25) is 5.02 Å². The van der Waals surface area contributed by atoms with Crippen LogP contribution in [0.15, 0.2) is 65.7 Å². The number of hydrogen-bond acceptors (Lipinski definition) is 6. The van der Waals surface area contributed by atoms with Gasteiger partial charge < -0.3 is 0 Å². The summed E-state index contributed by atoms with van der Waals surface area (Å²) < 4.78 is 24.2. The van der Waals surface area contributed by atoms with E-state index < -0.39 is 9.84 Å². The molecule has 0 spiro atoms. The number of halogens is 1. The summed E-state index contributed by atoms with van der Waals surface area (Å²) in [5, 5.41) is 1.13. The highest BCUT2D eigenvalue weighted by Gasteiger charge is 2.22. The molecule has 0 aliphatic rings. The van der Waals surface area contributed by atoms with Crippen LogP contribution in [0, 0.1) is 6.92 Å². The number of carbonyl (C=O) groups excluding carboxylic acids is 1. The van der Waals surface area contributed by atoms with Crippen molar-refractivity contribution in [2.75, 3.05) is 11.2 Å². The van der Waals surface area contributed by atoms with Gasteiger partial charge >= 0.3 is 0 Å². The average Bonchev–Trinajstić information content (AvgIpc) is 3.21. The van der Waals surface area contributed by atoms with E-state index in [-0.39, 0.29) is 23.8 Å². The summed E-state index contributed by atoms with van der Waals surface area (Å²) >= 11 is 7.74. The predicted molar refractivity (Wildman–Crippen MR) is 128 cm³/mol. The van der Waals surface area contributed by atoms with Gasteiger partial charge in [0, 0.05) is 12.5 Å². The number of anilines is 1. The quantitative estimate of drug-likeness (QED) is 0.390. The summed E-state index contributed by atoms with van der Waals surface area (Å²) in [4.78, 5) is 24.2. The van der Waals surface area contributed by atoms with Gasteiger partial charge in [0.05, 0.1) is 38.8 Å². The molecule has 0 bridgehead atoms. The molecule has 6 nitrogen and oxygen atoms in total. The minimum Gasteiger partial charge on any atom is -0.282 e. The van der Waals surface area contributed by atoms with Gasteiger partial charge in [0.25, 0.3) is 0 Å². The predicted octanol–water partition coefficient (Wildman–Crippen LogP) is 4.83. The first-order valence-electron chi connectivity index (χ1n) is 9.77. The van der Waals surface area contributed by atoms with Gasteiger partial charge in [0.1, 0.15) is 0 Å². The fraction of sp³-hybridized carbons (Fsp3) is 0.174. The van der Waals surface area contributed by atoms with Crippen molar-refractivity contribution >= 4 is 54.0 Å².